The molecule has 0 radical (unpaired) electrons. The van der Waals surface area contributed by atoms with Gasteiger partial charge in [0.2, 0.25) is 0 Å². The van der Waals surface area contributed by atoms with Gasteiger partial charge < -0.3 is 9.84 Å². The monoisotopic (exact) mass is 348 g/mol. The third-order valence-corrected chi connectivity index (χ3v) is 9.24. The summed E-state index contributed by atoms with van der Waals surface area (Å²) in [7, 11) is 0. The van der Waals surface area contributed by atoms with E-state index in [1.54, 1.807) is 0 Å². The average Bonchev–Trinajstić information content (AvgIpc) is 2.89. The molecule has 3 heteroatoms. The zero-order valence-electron chi connectivity index (χ0n) is 16.3. The summed E-state index contributed by atoms with van der Waals surface area (Å²) in [4.78, 5) is 12.2. The third kappa shape index (κ3) is 2.59. The molecule has 0 aromatic rings. The van der Waals surface area contributed by atoms with Gasteiger partial charge in [0, 0.05) is 0 Å². The molecule has 0 amide bonds. The van der Waals surface area contributed by atoms with Crippen LogP contribution in [0.1, 0.15) is 78.6 Å². The Hall–Kier alpha value is -0.570. The molecule has 0 saturated heterocycles. The van der Waals surface area contributed by atoms with E-state index < -0.39 is 0 Å². The molecule has 0 aromatic heterocycles. The number of hydrogen-bond acceptors (Lipinski definition) is 3. The molecule has 142 valence electrons. The fraction of sp³-hybridized carbons (Fsp3) is 0.955. The van der Waals surface area contributed by atoms with Crippen molar-refractivity contribution in [2.45, 2.75) is 84.7 Å². The lowest BCUT2D eigenvalue weighted by molar-refractivity contribution is -0.158. The van der Waals surface area contributed by atoms with E-state index in [0.717, 1.165) is 37.0 Å². The zero-order chi connectivity index (χ0) is 17.8. The van der Waals surface area contributed by atoms with Gasteiger partial charge in [0.1, 0.15) is 0 Å². The molecule has 0 aliphatic heterocycles. The molecule has 8 atom stereocenters. The van der Waals surface area contributed by atoms with E-state index in [1.165, 1.54) is 38.5 Å². The Morgan fingerprint density at radius 2 is 1.72 bits per heavy atom. The predicted octanol–water partition coefficient (Wildman–Crippen LogP) is 4.57. The van der Waals surface area contributed by atoms with E-state index in [1.807, 2.05) is 6.92 Å². The number of carbonyl (C=O) groups excluding carboxylic acids is 1. The first-order chi connectivity index (χ1) is 11.9. The molecule has 0 bridgehead atoms. The summed E-state index contributed by atoms with van der Waals surface area (Å²) in [6, 6.07) is 0. The van der Waals surface area contributed by atoms with Gasteiger partial charge in [0.25, 0.3) is 0 Å². The third-order valence-electron chi connectivity index (χ3n) is 9.24. The van der Waals surface area contributed by atoms with Crippen LogP contribution < -0.4 is 0 Å². The van der Waals surface area contributed by atoms with Crippen molar-refractivity contribution in [1.29, 1.82) is 0 Å². The molecule has 25 heavy (non-hydrogen) atoms. The van der Waals surface area contributed by atoms with Crippen LogP contribution in [0, 0.1) is 40.4 Å². The Bertz CT molecular complexity index is 531. The lowest BCUT2D eigenvalue weighted by Crippen LogP contribution is -2.54. The van der Waals surface area contributed by atoms with Crippen molar-refractivity contribution in [2.75, 3.05) is 6.61 Å². The van der Waals surface area contributed by atoms with Crippen molar-refractivity contribution in [1.82, 2.24) is 0 Å². The fourth-order valence-electron chi connectivity index (χ4n) is 7.70. The van der Waals surface area contributed by atoms with Gasteiger partial charge >= 0.3 is 5.97 Å². The van der Waals surface area contributed by atoms with Crippen LogP contribution in [0.15, 0.2) is 0 Å². The van der Waals surface area contributed by atoms with Gasteiger partial charge in [-0.15, -0.1) is 0 Å². The van der Waals surface area contributed by atoms with Gasteiger partial charge in [0.15, 0.2) is 0 Å². The smallest absolute Gasteiger partial charge is 0.308 e. The Morgan fingerprint density at radius 3 is 2.48 bits per heavy atom. The first-order valence-corrected chi connectivity index (χ1v) is 10.7. The van der Waals surface area contributed by atoms with Gasteiger partial charge in [-0.1, -0.05) is 13.8 Å². The van der Waals surface area contributed by atoms with Crippen LogP contribution in [0.5, 0.6) is 0 Å². The molecule has 1 N–H and O–H groups in total. The number of rotatable bonds is 2. The number of ether oxygens (including phenoxy) is 1. The summed E-state index contributed by atoms with van der Waals surface area (Å²) in [5.74, 6) is 3.20. The number of fused-ring (bicyclic) bond motifs is 5. The minimum Gasteiger partial charge on any atom is -0.466 e. The van der Waals surface area contributed by atoms with Crippen LogP contribution in [0.2, 0.25) is 0 Å². The molecule has 4 aliphatic rings. The Labute approximate surface area is 152 Å². The summed E-state index contributed by atoms with van der Waals surface area (Å²) < 4.78 is 5.32. The number of esters is 1. The quantitative estimate of drug-likeness (QED) is 0.744. The molecule has 4 rings (SSSR count). The molecule has 0 aromatic carbocycles. The van der Waals surface area contributed by atoms with Crippen LogP contribution >= 0.6 is 0 Å². The summed E-state index contributed by atoms with van der Waals surface area (Å²) in [5, 5.41) is 10.6. The molecular weight excluding hydrogens is 312 g/mol. The molecule has 4 fully saturated rings. The summed E-state index contributed by atoms with van der Waals surface area (Å²) in [6.45, 7) is 7.30. The summed E-state index contributed by atoms with van der Waals surface area (Å²) in [5.41, 5.74) is 0.577. The highest BCUT2D eigenvalue weighted by Gasteiger charge is 2.60. The maximum Gasteiger partial charge on any atom is 0.308 e. The van der Waals surface area contributed by atoms with Crippen molar-refractivity contribution in [3.63, 3.8) is 0 Å². The molecule has 4 aliphatic carbocycles. The van der Waals surface area contributed by atoms with E-state index in [0.29, 0.717) is 17.9 Å². The van der Waals surface area contributed by atoms with E-state index in [4.69, 9.17) is 4.74 Å². The van der Waals surface area contributed by atoms with Crippen LogP contribution in [-0.2, 0) is 9.53 Å². The van der Waals surface area contributed by atoms with Gasteiger partial charge in [-0.05, 0) is 99.2 Å². The molecule has 0 heterocycles. The molecule has 3 nitrogen and oxygen atoms in total. The average molecular weight is 349 g/mol. The number of carbonyl (C=O) groups is 1. The molecule has 4 saturated carbocycles. The Morgan fingerprint density at radius 1 is 1.00 bits per heavy atom. The SMILES string of the molecule is CCOC(=O)[C@H]1CC[C@@]2(C)[C@@H](CC[C@H]3[C@H]4CC[C@H](O)[C@]4(C)CC[C@@H]32)C1. The van der Waals surface area contributed by atoms with E-state index >= 15 is 0 Å². The number of aliphatic hydroxyl groups excluding tert-OH is 1. The highest BCUT2D eigenvalue weighted by atomic mass is 16.5. The van der Waals surface area contributed by atoms with Crippen LogP contribution in [-0.4, -0.2) is 23.8 Å². The number of hydrogen-bond donors (Lipinski definition) is 1. The molecular formula is C22H36O3. The summed E-state index contributed by atoms with van der Waals surface area (Å²) in [6.07, 6.45) is 10.5. The van der Waals surface area contributed by atoms with Crippen molar-refractivity contribution < 1.29 is 14.6 Å². The zero-order valence-corrected chi connectivity index (χ0v) is 16.3. The van der Waals surface area contributed by atoms with Gasteiger partial charge in [-0.25, -0.2) is 0 Å². The Kier molecular flexibility index (Phi) is 4.46. The van der Waals surface area contributed by atoms with Crippen molar-refractivity contribution in [2.24, 2.45) is 40.4 Å². The fourth-order valence-corrected chi connectivity index (χ4v) is 7.70. The maximum atomic E-state index is 12.2. The molecule has 0 unspecified atom stereocenters. The number of aliphatic hydroxyl groups is 1. The second kappa shape index (κ2) is 6.25. The standard InChI is InChI=1S/C22H36O3/c1-4-25-20(24)14-9-11-21(2)15(13-14)5-6-16-17-7-8-19(23)22(17,3)12-10-18(16)21/h14-19,23H,4-13H2,1-3H3/t14-,15-,16-,17+,18-,19-,21-,22+/m0/s1. The second-order valence-corrected chi connectivity index (χ2v) is 10.0. The van der Waals surface area contributed by atoms with Crippen molar-refractivity contribution in [3.05, 3.63) is 0 Å². The van der Waals surface area contributed by atoms with Gasteiger partial charge in [0.05, 0.1) is 18.6 Å². The maximum absolute atomic E-state index is 12.2. The first kappa shape index (κ1) is 17.8. The normalized spacial score (nSPS) is 52.0. The lowest BCUT2D eigenvalue weighted by atomic mass is 9.44. The molecule has 0 spiro atoms. The topological polar surface area (TPSA) is 46.5 Å². The minimum absolute atomic E-state index is 0.0433. The highest BCUT2D eigenvalue weighted by Crippen LogP contribution is 2.66. The van der Waals surface area contributed by atoms with Crippen LogP contribution in [0.4, 0.5) is 0 Å². The van der Waals surface area contributed by atoms with Crippen LogP contribution in [0.25, 0.3) is 0 Å². The van der Waals surface area contributed by atoms with E-state index in [2.05, 4.69) is 13.8 Å². The van der Waals surface area contributed by atoms with E-state index in [-0.39, 0.29) is 23.4 Å². The van der Waals surface area contributed by atoms with Gasteiger partial charge in [-0.3, -0.25) is 4.79 Å². The first-order valence-electron chi connectivity index (χ1n) is 10.7. The van der Waals surface area contributed by atoms with E-state index in [9.17, 15) is 9.90 Å². The minimum atomic E-state index is -0.0801. The largest absolute Gasteiger partial charge is 0.466 e. The van der Waals surface area contributed by atoms with Gasteiger partial charge in [-0.2, -0.15) is 0 Å². The summed E-state index contributed by atoms with van der Waals surface area (Å²) >= 11 is 0. The highest BCUT2D eigenvalue weighted by molar-refractivity contribution is 5.72. The van der Waals surface area contributed by atoms with Crippen molar-refractivity contribution >= 4 is 5.97 Å². The lowest BCUT2D eigenvalue weighted by Gasteiger charge is -2.60. The van der Waals surface area contributed by atoms with Crippen LogP contribution in [0.3, 0.4) is 0 Å². The predicted molar refractivity (Wildman–Crippen MR) is 97.9 cm³/mol. The Balaban J connectivity index is 1.52. The second-order valence-electron chi connectivity index (χ2n) is 10.0. The van der Waals surface area contributed by atoms with Crippen molar-refractivity contribution in [3.8, 4) is 0 Å².